The van der Waals surface area contributed by atoms with Gasteiger partial charge in [0.05, 0.1) is 13.2 Å². The van der Waals surface area contributed by atoms with Crippen molar-refractivity contribution in [2.45, 2.75) is 46.7 Å². The molecule has 0 fully saturated rings. The van der Waals surface area contributed by atoms with Crippen LogP contribution in [0, 0.1) is 13.8 Å². The second kappa shape index (κ2) is 15.1. The van der Waals surface area contributed by atoms with E-state index in [1.807, 2.05) is 19.3 Å². The maximum atomic E-state index is 5.87. The van der Waals surface area contributed by atoms with Gasteiger partial charge in [-0.1, -0.05) is 12.1 Å². The molecule has 0 saturated carbocycles. The molecule has 1 aromatic heterocycles. The molecule has 0 unspecified atom stereocenters. The zero-order valence-electron chi connectivity index (χ0n) is 18.6. The first-order valence-electron chi connectivity index (χ1n) is 10.3. The number of aryl methyl sites for hydroxylation is 3. The highest BCUT2D eigenvalue weighted by atomic mass is 127. The lowest BCUT2D eigenvalue weighted by atomic mass is 10.1. The lowest BCUT2D eigenvalue weighted by Gasteiger charge is -2.14. The molecule has 8 heteroatoms. The van der Waals surface area contributed by atoms with Gasteiger partial charge in [0.15, 0.2) is 5.96 Å². The molecule has 0 aliphatic rings. The third-order valence-electron chi connectivity index (χ3n) is 4.56. The Morgan fingerprint density at radius 3 is 2.70 bits per heavy atom. The van der Waals surface area contributed by atoms with Gasteiger partial charge in [0.2, 0.25) is 0 Å². The van der Waals surface area contributed by atoms with Crippen molar-refractivity contribution in [3.63, 3.8) is 0 Å². The van der Waals surface area contributed by atoms with Crippen molar-refractivity contribution < 1.29 is 9.47 Å². The van der Waals surface area contributed by atoms with Crippen molar-refractivity contribution in [3.05, 3.63) is 47.5 Å². The van der Waals surface area contributed by atoms with E-state index < -0.39 is 0 Å². The summed E-state index contributed by atoms with van der Waals surface area (Å²) >= 11 is 0. The number of rotatable bonds is 12. The molecule has 0 bridgehead atoms. The SMILES string of the molecule is CCNC(=NCc1ccc(C)cc1OCCOC)NCCCCn1ccnc1C.I. The van der Waals surface area contributed by atoms with Gasteiger partial charge in [-0.15, -0.1) is 24.0 Å². The summed E-state index contributed by atoms with van der Waals surface area (Å²) in [6, 6.07) is 6.23. The van der Waals surface area contributed by atoms with Crippen LogP contribution in [0.5, 0.6) is 5.75 Å². The van der Waals surface area contributed by atoms with Gasteiger partial charge in [-0.3, -0.25) is 0 Å². The smallest absolute Gasteiger partial charge is 0.191 e. The molecule has 0 aliphatic carbocycles. The van der Waals surface area contributed by atoms with E-state index in [2.05, 4.69) is 52.2 Å². The Morgan fingerprint density at radius 2 is 2.00 bits per heavy atom. The number of imidazole rings is 1. The van der Waals surface area contributed by atoms with Crippen molar-refractivity contribution in [1.29, 1.82) is 0 Å². The number of aromatic nitrogens is 2. The Labute approximate surface area is 197 Å². The molecule has 0 aliphatic heterocycles. The molecular formula is C22H36IN5O2. The van der Waals surface area contributed by atoms with Crippen LogP contribution in [0.15, 0.2) is 35.6 Å². The van der Waals surface area contributed by atoms with Crippen molar-refractivity contribution in [2.24, 2.45) is 4.99 Å². The van der Waals surface area contributed by atoms with Crippen molar-refractivity contribution in [1.82, 2.24) is 20.2 Å². The van der Waals surface area contributed by atoms with Crippen LogP contribution in [-0.2, 0) is 17.8 Å². The molecule has 30 heavy (non-hydrogen) atoms. The molecule has 0 atom stereocenters. The van der Waals surface area contributed by atoms with Gasteiger partial charge < -0.3 is 24.7 Å². The summed E-state index contributed by atoms with van der Waals surface area (Å²) in [7, 11) is 1.68. The number of guanidine groups is 1. The summed E-state index contributed by atoms with van der Waals surface area (Å²) in [4.78, 5) is 8.99. The van der Waals surface area contributed by atoms with E-state index in [1.54, 1.807) is 7.11 Å². The van der Waals surface area contributed by atoms with Gasteiger partial charge in [-0.25, -0.2) is 9.98 Å². The van der Waals surface area contributed by atoms with Gasteiger partial charge in [0, 0.05) is 44.7 Å². The second-order valence-corrected chi connectivity index (χ2v) is 6.95. The fraction of sp³-hybridized carbons (Fsp3) is 0.545. The number of hydrogen-bond acceptors (Lipinski definition) is 4. The molecule has 2 rings (SSSR count). The zero-order valence-corrected chi connectivity index (χ0v) is 20.9. The number of methoxy groups -OCH3 is 1. The number of benzene rings is 1. The summed E-state index contributed by atoms with van der Waals surface area (Å²) in [5, 5.41) is 6.73. The molecular weight excluding hydrogens is 493 g/mol. The minimum Gasteiger partial charge on any atom is -0.491 e. The molecule has 0 radical (unpaired) electrons. The van der Waals surface area contributed by atoms with Gasteiger partial charge >= 0.3 is 0 Å². The molecule has 1 heterocycles. The minimum absolute atomic E-state index is 0. The maximum Gasteiger partial charge on any atom is 0.191 e. The molecule has 2 aromatic rings. The first-order chi connectivity index (χ1) is 14.1. The highest BCUT2D eigenvalue weighted by molar-refractivity contribution is 14.0. The van der Waals surface area contributed by atoms with Crippen LogP contribution in [0.25, 0.3) is 0 Å². The fourth-order valence-electron chi connectivity index (χ4n) is 2.92. The van der Waals surface area contributed by atoms with E-state index in [0.29, 0.717) is 19.8 Å². The number of hydrogen-bond donors (Lipinski definition) is 2. The Morgan fingerprint density at radius 1 is 1.17 bits per heavy atom. The number of nitrogens with one attached hydrogen (secondary N) is 2. The monoisotopic (exact) mass is 529 g/mol. The molecule has 7 nitrogen and oxygen atoms in total. The van der Waals surface area contributed by atoms with Gasteiger partial charge in [0.25, 0.3) is 0 Å². The Bertz CT molecular complexity index is 764. The van der Waals surface area contributed by atoms with Crippen molar-refractivity contribution in [2.75, 3.05) is 33.4 Å². The highest BCUT2D eigenvalue weighted by Gasteiger charge is 2.05. The Balaban J connectivity index is 0.00000450. The van der Waals surface area contributed by atoms with Crippen LogP contribution in [-0.4, -0.2) is 48.9 Å². The number of aliphatic imine (C=N–C) groups is 1. The lowest BCUT2D eigenvalue weighted by Crippen LogP contribution is -2.37. The Kier molecular flexibility index (Phi) is 13.2. The van der Waals surface area contributed by atoms with E-state index in [-0.39, 0.29) is 24.0 Å². The number of ether oxygens (including phenoxy) is 2. The topological polar surface area (TPSA) is 72.7 Å². The van der Waals surface area contributed by atoms with Crippen LogP contribution in [0.3, 0.4) is 0 Å². The number of unbranched alkanes of at least 4 members (excludes halogenated alkanes) is 1. The minimum atomic E-state index is 0. The fourth-order valence-corrected chi connectivity index (χ4v) is 2.92. The highest BCUT2D eigenvalue weighted by Crippen LogP contribution is 2.21. The van der Waals surface area contributed by atoms with E-state index in [1.165, 1.54) is 5.56 Å². The second-order valence-electron chi connectivity index (χ2n) is 6.95. The normalized spacial score (nSPS) is 11.1. The molecule has 0 spiro atoms. The quantitative estimate of drug-likeness (QED) is 0.190. The summed E-state index contributed by atoms with van der Waals surface area (Å²) in [5.41, 5.74) is 2.24. The average molecular weight is 529 g/mol. The molecule has 2 N–H and O–H groups in total. The molecule has 1 aromatic carbocycles. The molecule has 0 amide bonds. The van der Waals surface area contributed by atoms with Crippen molar-refractivity contribution >= 4 is 29.9 Å². The van der Waals surface area contributed by atoms with E-state index in [9.17, 15) is 0 Å². The molecule has 168 valence electrons. The van der Waals surface area contributed by atoms with Crippen LogP contribution in [0.1, 0.15) is 36.7 Å². The zero-order chi connectivity index (χ0) is 20.9. The third kappa shape index (κ3) is 9.34. The van der Waals surface area contributed by atoms with E-state index in [0.717, 1.165) is 55.6 Å². The average Bonchev–Trinajstić information content (AvgIpc) is 3.12. The Hall–Kier alpha value is -1.81. The van der Waals surface area contributed by atoms with Gasteiger partial charge in [0.1, 0.15) is 18.2 Å². The van der Waals surface area contributed by atoms with Crippen LogP contribution in [0.2, 0.25) is 0 Å². The first kappa shape index (κ1) is 26.2. The standard InChI is InChI=1S/C22H35N5O2.HI/c1-5-23-22(25-10-6-7-12-27-13-11-24-19(27)3)26-17-20-9-8-18(2)16-21(20)29-15-14-28-4;/h8-9,11,13,16H,5-7,10,12,14-15,17H2,1-4H3,(H2,23,25,26);1H. The predicted octanol–water partition coefficient (Wildman–Crippen LogP) is 3.68. The lowest BCUT2D eigenvalue weighted by molar-refractivity contribution is 0.145. The summed E-state index contributed by atoms with van der Waals surface area (Å²) in [5.74, 6) is 2.77. The van der Waals surface area contributed by atoms with Crippen LogP contribution >= 0.6 is 24.0 Å². The van der Waals surface area contributed by atoms with Gasteiger partial charge in [-0.05, 0) is 45.2 Å². The van der Waals surface area contributed by atoms with Gasteiger partial charge in [-0.2, -0.15) is 0 Å². The predicted molar refractivity (Wildman–Crippen MR) is 133 cm³/mol. The van der Waals surface area contributed by atoms with E-state index in [4.69, 9.17) is 14.5 Å². The summed E-state index contributed by atoms with van der Waals surface area (Å²) < 4.78 is 13.1. The first-order valence-corrected chi connectivity index (χ1v) is 10.3. The molecule has 0 saturated heterocycles. The number of nitrogens with zero attached hydrogens (tertiary/aromatic N) is 3. The van der Waals surface area contributed by atoms with Crippen LogP contribution in [0.4, 0.5) is 0 Å². The summed E-state index contributed by atoms with van der Waals surface area (Å²) in [6.45, 7) is 10.5. The largest absolute Gasteiger partial charge is 0.491 e. The third-order valence-corrected chi connectivity index (χ3v) is 4.56. The maximum absolute atomic E-state index is 5.87. The van der Waals surface area contributed by atoms with Crippen LogP contribution < -0.4 is 15.4 Å². The summed E-state index contributed by atoms with van der Waals surface area (Å²) in [6.07, 6.45) is 6.04. The van der Waals surface area contributed by atoms with E-state index >= 15 is 0 Å². The van der Waals surface area contributed by atoms with Crippen molar-refractivity contribution in [3.8, 4) is 5.75 Å². The number of halogens is 1.